The van der Waals surface area contributed by atoms with Crippen molar-refractivity contribution in [3.05, 3.63) is 35.4 Å². The second-order valence-electron chi connectivity index (χ2n) is 3.81. The molecule has 96 valence electrons. The highest BCUT2D eigenvalue weighted by Gasteiger charge is 2.24. The molecule has 0 radical (unpaired) electrons. The van der Waals surface area contributed by atoms with Gasteiger partial charge in [-0.3, -0.25) is 0 Å². The Bertz CT molecular complexity index is 357. The first-order valence-corrected chi connectivity index (χ1v) is 5.88. The van der Waals surface area contributed by atoms with Gasteiger partial charge in [-0.15, -0.1) is 0 Å². The monoisotopic (exact) mass is 243 g/mol. The molecule has 0 bridgehead atoms. The molecule has 0 amide bonds. The first kappa shape index (κ1) is 14.1. The Morgan fingerprint density at radius 1 is 1.29 bits per heavy atom. The predicted molar refractivity (Wildman–Crippen MR) is 63.9 cm³/mol. The van der Waals surface area contributed by atoms with Gasteiger partial charge in [0.25, 0.3) is 0 Å². The van der Waals surface area contributed by atoms with E-state index in [1.165, 1.54) is 6.07 Å². The summed E-state index contributed by atoms with van der Waals surface area (Å²) >= 11 is 0. The normalized spacial score (nSPS) is 14.6. The fourth-order valence-corrected chi connectivity index (χ4v) is 1.97. The maximum atomic E-state index is 13.7. The van der Waals surface area contributed by atoms with Gasteiger partial charge in [0.2, 0.25) is 0 Å². The number of hydrogen-bond acceptors (Lipinski definition) is 2. The molecule has 0 aliphatic heterocycles. The third kappa shape index (κ3) is 3.23. The van der Waals surface area contributed by atoms with Crippen LogP contribution in [0, 0.1) is 11.6 Å². The zero-order valence-corrected chi connectivity index (χ0v) is 10.5. The number of likely N-dealkylation sites (N-methyl/N-ethyl adjacent to an activating group) is 1. The lowest BCUT2D eigenvalue weighted by Crippen LogP contribution is -2.32. The van der Waals surface area contributed by atoms with Crippen LogP contribution >= 0.6 is 0 Å². The quantitative estimate of drug-likeness (QED) is 0.829. The minimum atomic E-state index is -0.825. The molecule has 2 nitrogen and oxygen atoms in total. The fraction of sp³-hybridized carbons (Fsp3) is 0.538. The van der Waals surface area contributed by atoms with E-state index in [-0.39, 0.29) is 12.1 Å². The summed E-state index contributed by atoms with van der Waals surface area (Å²) in [6.45, 7) is 4.40. The van der Waals surface area contributed by atoms with E-state index in [4.69, 9.17) is 4.74 Å². The molecule has 2 atom stereocenters. The molecule has 1 aromatic carbocycles. The molecule has 1 aromatic rings. The van der Waals surface area contributed by atoms with Crippen molar-refractivity contribution < 1.29 is 13.5 Å². The summed E-state index contributed by atoms with van der Waals surface area (Å²) in [4.78, 5) is 0. The van der Waals surface area contributed by atoms with Crippen LogP contribution in [-0.4, -0.2) is 19.8 Å². The van der Waals surface area contributed by atoms with Crippen LogP contribution in [0.25, 0.3) is 0 Å². The average Bonchev–Trinajstić information content (AvgIpc) is 2.34. The molecule has 1 N–H and O–H groups in total. The Hall–Kier alpha value is -1.00. The molecule has 17 heavy (non-hydrogen) atoms. The molecular weight excluding hydrogens is 224 g/mol. The molecular formula is C13H19F2NO. The lowest BCUT2D eigenvalue weighted by atomic mass is 9.99. The molecule has 0 aliphatic rings. The van der Waals surface area contributed by atoms with Gasteiger partial charge in [0.05, 0.1) is 12.1 Å². The third-order valence-electron chi connectivity index (χ3n) is 2.78. The highest BCUT2D eigenvalue weighted by molar-refractivity contribution is 5.23. The van der Waals surface area contributed by atoms with Crippen molar-refractivity contribution in [1.29, 1.82) is 0 Å². The maximum absolute atomic E-state index is 13.7. The standard InChI is InChI=1S/C13H19F2NO/c1-4-11(17-5-2)13(16-3)9-7-6-8-10(14)12(9)15/h6-8,11,13,16H,4-5H2,1-3H3. The summed E-state index contributed by atoms with van der Waals surface area (Å²) in [7, 11) is 1.72. The van der Waals surface area contributed by atoms with E-state index in [0.717, 1.165) is 12.5 Å². The molecule has 0 saturated heterocycles. The summed E-state index contributed by atoms with van der Waals surface area (Å²) in [5, 5.41) is 2.99. The van der Waals surface area contributed by atoms with Crippen LogP contribution in [0.5, 0.6) is 0 Å². The van der Waals surface area contributed by atoms with Gasteiger partial charge >= 0.3 is 0 Å². The minimum absolute atomic E-state index is 0.165. The zero-order chi connectivity index (χ0) is 12.8. The molecule has 0 heterocycles. The van der Waals surface area contributed by atoms with Crippen molar-refractivity contribution in [2.45, 2.75) is 32.4 Å². The van der Waals surface area contributed by atoms with E-state index in [1.54, 1.807) is 13.1 Å². The van der Waals surface area contributed by atoms with Gasteiger partial charge < -0.3 is 10.1 Å². The van der Waals surface area contributed by atoms with Crippen LogP contribution in [0.15, 0.2) is 18.2 Å². The smallest absolute Gasteiger partial charge is 0.163 e. The van der Waals surface area contributed by atoms with Gasteiger partial charge in [0.15, 0.2) is 11.6 Å². The van der Waals surface area contributed by atoms with Crippen molar-refractivity contribution in [2.24, 2.45) is 0 Å². The van der Waals surface area contributed by atoms with E-state index >= 15 is 0 Å². The van der Waals surface area contributed by atoms with Crippen LogP contribution in [0.1, 0.15) is 31.9 Å². The second kappa shape index (κ2) is 6.67. The molecule has 2 unspecified atom stereocenters. The van der Waals surface area contributed by atoms with Crippen LogP contribution in [0.2, 0.25) is 0 Å². The molecule has 0 aromatic heterocycles. The number of hydrogen-bond donors (Lipinski definition) is 1. The lowest BCUT2D eigenvalue weighted by Gasteiger charge is -2.26. The van der Waals surface area contributed by atoms with E-state index in [1.807, 2.05) is 13.8 Å². The van der Waals surface area contributed by atoms with Crippen molar-refractivity contribution in [3.63, 3.8) is 0 Å². The topological polar surface area (TPSA) is 21.3 Å². The fourth-order valence-electron chi connectivity index (χ4n) is 1.97. The van der Waals surface area contributed by atoms with Crippen LogP contribution in [0.3, 0.4) is 0 Å². The highest BCUT2D eigenvalue weighted by Crippen LogP contribution is 2.25. The second-order valence-corrected chi connectivity index (χ2v) is 3.81. The average molecular weight is 243 g/mol. The van der Waals surface area contributed by atoms with Crippen molar-refractivity contribution in [2.75, 3.05) is 13.7 Å². The van der Waals surface area contributed by atoms with Gasteiger partial charge in [0, 0.05) is 12.2 Å². The Balaban J connectivity index is 3.03. The van der Waals surface area contributed by atoms with Crippen LogP contribution in [0.4, 0.5) is 8.78 Å². The molecule has 0 saturated carbocycles. The summed E-state index contributed by atoms with van der Waals surface area (Å²) < 4.78 is 32.4. The van der Waals surface area contributed by atoms with E-state index < -0.39 is 11.6 Å². The maximum Gasteiger partial charge on any atom is 0.163 e. The number of benzene rings is 1. The number of ether oxygens (including phenoxy) is 1. The molecule has 0 aliphatic carbocycles. The van der Waals surface area contributed by atoms with Gasteiger partial charge in [-0.25, -0.2) is 8.78 Å². The molecule has 1 rings (SSSR count). The third-order valence-corrected chi connectivity index (χ3v) is 2.78. The summed E-state index contributed by atoms with van der Waals surface area (Å²) in [5.41, 5.74) is 0.313. The van der Waals surface area contributed by atoms with Crippen molar-refractivity contribution in [1.82, 2.24) is 5.32 Å². The van der Waals surface area contributed by atoms with Crippen molar-refractivity contribution in [3.8, 4) is 0 Å². The van der Waals surface area contributed by atoms with Gasteiger partial charge in [-0.05, 0) is 26.5 Å². The highest BCUT2D eigenvalue weighted by atomic mass is 19.2. The number of halogens is 2. The number of nitrogens with one attached hydrogen (secondary N) is 1. The first-order chi connectivity index (χ1) is 8.15. The zero-order valence-electron chi connectivity index (χ0n) is 10.5. The Morgan fingerprint density at radius 3 is 2.53 bits per heavy atom. The van der Waals surface area contributed by atoms with E-state index in [2.05, 4.69) is 5.32 Å². The minimum Gasteiger partial charge on any atom is -0.377 e. The molecule has 4 heteroatoms. The SMILES string of the molecule is CCOC(CC)C(NC)c1cccc(F)c1F. The van der Waals surface area contributed by atoms with Gasteiger partial charge in [-0.2, -0.15) is 0 Å². The van der Waals surface area contributed by atoms with E-state index in [0.29, 0.717) is 12.2 Å². The summed E-state index contributed by atoms with van der Waals surface area (Å²) in [6, 6.07) is 3.88. The van der Waals surface area contributed by atoms with Crippen molar-refractivity contribution >= 4 is 0 Å². The Kier molecular flexibility index (Phi) is 5.51. The largest absolute Gasteiger partial charge is 0.377 e. The van der Waals surface area contributed by atoms with E-state index in [9.17, 15) is 8.78 Å². The van der Waals surface area contributed by atoms with Gasteiger partial charge in [-0.1, -0.05) is 19.1 Å². The molecule has 0 fully saturated rings. The number of rotatable bonds is 6. The summed E-state index contributed by atoms with van der Waals surface area (Å²) in [6.07, 6.45) is 0.566. The molecule has 0 spiro atoms. The first-order valence-electron chi connectivity index (χ1n) is 5.88. The van der Waals surface area contributed by atoms with Crippen LogP contribution in [-0.2, 0) is 4.74 Å². The predicted octanol–water partition coefficient (Wildman–Crippen LogP) is 3.04. The Labute approximate surface area is 101 Å². The lowest BCUT2D eigenvalue weighted by molar-refractivity contribution is 0.0323. The van der Waals surface area contributed by atoms with Gasteiger partial charge in [0.1, 0.15) is 0 Å². The summed E-state index contributed by atoms with van der Waals surface area (Å²) in [5.74, 6) is -1.63. The van der Waals surface area contributed by atoms with Crippen LogP contribution < -0.4 is 5.32 Å². The Morgan fingerprint density at radius 2 is 2.00 bits per heavy atom.